The summed E-state index contributed by atoms with van der Waals surface area (Å²) in [5.41, 5.74) is 0.622. The number of unbranched alkanes of at least 4 members (excludes halogenated alkanes) is 1. The fraction of sp³-hybridized carbons (Fsp3) is 0.562. The minimum absolute atomic E-state index is 0. The Morgan fingerprint density at radius 3 is 2.87 bits per heavy atom. The third kappa shape index (κ3) is 6.31. The number of nitrogens with zero attached hydrogens (tertiary/aromatic N) is 1. The van der Waals surface area contributed by atoms with Crippen molar-refractivity contribution in [3.05, 3.63) is 34.6 Å². The number of rotatable bonds is 7. The van der Waals surface area contributed by atoms with Crippen LogP contribution in [-0.2, 0) is 0 Å². The van der Waals surface area contributed by atoms with Gasteiger partial charge < -0.3 is 10.6 Å². The summed E-state index contributed by atoms with van der Waals surface area (Å²) >= 11 is 7.98. The number of hydrogen-bond acceptors (Lipinski definition) is 2. The van der Waals surface area contributed by atoms with Gasteiger partial charge in [-0.15, -0.1) is 24.0 Å². The Labute approximate surface area is 164 Å². The predicted octanol–water partition coefficient (Wildman–Crippen LogP) is 4.26. The van der Waals surface area contributed by atoms with E-state index in [9.17, 15) is 4.39 Å². The van der Waals surface area contributed by atoms with Crippen LogP contribution in [0.4, 0.5) is 4.39 Å². The summed E-state index contributed by atoms with van der Waals surface area (Å²) in [5, 5.41) is 7.16. The second-order valence-corrected chi connectivity index (χ2v) is 6.82. The second-order valence-electron chi connectivity index (χ2n) is 5.43. The zero-order valence-corrected chi connectivity index (χ0v) is 17.3. The van der Waals surface area contributed by atoms with E-state index < -0.39 is 0 Å². The van der Waals surface area contributed by atoms with Gasteiger partial charge in [-0.1, -0.05) is 17.7 Å². The van der Waals surface area contributed by atoms with Gasteiger partial charge in [-0.2, -0.15) is 11.8 Å². The van der Waals surface area contributed by atoms with Crippen molar-refractivity contribution in [2.24, 2.45) is 4.99 Å². The molecule has 1 fully saturated rings. The molecule has 0 saturated heterocycles. The van der Waals surface area contributed by atoms with E-state index in [1.54, 1.807) is 19.2 Å². The Kier molecular flexibility index (Phi) is 9.61. The topological polar surface area (TPSA) is 36.4 Å². The highest BCUT2D eigenvalue weighted by Crippen LogP contribution is 2.44. The van der Waals surface area contributed by atoms with Crippen LogP contribution in [0.5, 0.6) is 0 Å². The lowest BCUT2D eigenvalue weighted by Gasteiger charge is -2.12. The largest absolute Gasteiger partial charge is 0.356 e. The van der Waals surface area contributed by atoms with E-state index >= 15 is 0 Å². The van der Waals surface area contributed by atoms with Crippen LogP contribution < -0.4 is 10.6 Å². The van der Waals surface area contributed by atoms with Crippen molar-refractivity contribution in [1.82, 2.24) is 10.6 Å². The SMILES string of the molecule is CN=C(NCCCCSC)NC1CC1c1c(F)cccc1Cl.I. The molecule has 2 atom stereocenters. The molecule has 23 heavy (non-hydrogen) atoms. The van der Waals surface area contributed by atoms with Gasteiger partial charge >= 0.3 is 0 Å². The fourth-order valence-electron chi connectivity index (χ4n) is 2.49. The molecule has 7 heteroatoms. The zero-order chi connectivity index (χ0) is 15.9. The minimum atomic E-state index is -0.221. The van der Waals surface area contributed by atoms with Crippen LogP contribution >= 0.6 is 47.3 Å². The fourth-order valence-corrected chi connectivity index (χ4v) is 3.28. The van der Waals surface area contributed by atoms with Gasteiger partial charge in [0, 0.05) is 36.1 Å². The van der Waals surface area contributed by atoms with Crippen molar-refractivity contribution in [3.63, 3.8) is 0 Å². The smallest absolute Gasteiger partial charge is 0.191 e. The lowest BCUT2D eigenvalue weighted by Crippen LogP contribution is -2.39. The molecular weight excluding hydrogens is 448 g/mol. The van der Waals surface area contributed by atoms with E-state index in [1.165, 1.54) is 18.2 Å². The zero-order valence-electron chi connectivity index (χ0n) is 13.4. The molecule has 2 rings (SSSR count). The Hall–Kier alpha value is -0.210. The highest BCUT2D eigenvalue weighted by atomic mass is 127. The normalized spacial score (nSPS) is 19.9. The van der Waals surface area contributed by atoms with Gasteiger partial charge in [0.15, 0.2) is 5.96 Å². The van der Waals surface area contributed by atoms with Gasteiger partial charge in [0.2, 0.25) is 0 Å². The molecule has 0 heterocycles. The van der Waals surface area contributed by atoms with E-state index in [-0.39, 0.29) is 41.8 Å². The molecule has 1 aliphatic rings. The van der Waals surface area contributed by atoms with E-state index in [2.05, 4.69) is 21.9 Å². The van der Waals surface area contributed by atoms with Gasteiger partial charge in [0.25, 0.3) is 0 Å². The van der Waals surface area contributed by atoms with Gasteiger partial charge in [-0.3, -0.25) is 4.99 Å². The minimum Gasteiger partial charge on any atom is -0.356 e. The Bertz CT molecular complexity index is 510. The first-order valence-corrected chi connectivity index (χ1v) is 9.34. The molecular formula is C16H24ClFIN3S. The molecule has 1 aliphatic carbocycles. The number of hydrogen-bond donors (Lipinski definition) is 2. The summed E-state index contributed by atoms with van der Waals surface area (Å²) in [7, 11) is 1.75. The lowest BCUT2D eigenvalue weighted by molar-refractivity contribution is 0.607. The Morgan fingerprint density at radius 1 is 1.43 bits per heavy atom. The number of nitrogens with one attached hydrogen (secondary N) is 2. The van der Waals surface area contributed by atoms with Crippen molar-refractivity contribution < 1.29 is 4.39 Å². The van der Waals surface area contributed by atoms with Crippen LogP contribution in [0.1, 0.15) is 30.7 Å². The molecule has 1 aromatic rings. The van der Waals surface area contributed by atoms with Gasteiger partial charge in [-0.25, -0.2) is 4.39 Å². The van der Waals surface area contributed by atoms with Gasteiger partial charge in [0.05, 0.1) is 0 Å². The maximum Gasteiger partial charge on any atom is 0.191 e. The first-order valence-electron chi connectivity index (χ1n) is 7.57. The van der Waals surface area contributed by atoms with Crippen LogP contribution in [-0.4, -0.2) is 37.6 Å². The molecule has 0 aliphatic heterocycles. The molecule has 0 spiro atoms. The summed E-state index contributed by atoms with van der Waals surface area (Å²) < 4.78 is 13.9. The van der Waals surface area contributed by atoms with Crippen molar-refractivity contribution in [1.29, 1.82) is 0 Å². The highest BCUT2D eigenvalue weighted by Gasteiger charge is 2.41. The molecule has 0 radical (unpaired) electrons. The number of aliphatic imine (C=N–C) groups is 1. The van der Waals surface area contributed by atoms with Crippen molar-refractivity contribution in [3.8, 4) is 0 Å². The van der Waals surface area contributed by atoms with Gasteiger partial charge in [-0.05, 0) is 43.4 Å². The Morgan fingerprint density at radius 2 is 2.22 bits per heavy atom. The molecule has 1 saturated carbocycles. The number of thioether (sulfide) groups is 1. The van der Waals surface area contributed by atoms with Crippen molar-refractivity contribution >= 4 is 53.3 Å². The molecule has 3 nitrogen and oxygen atoms in total. The van der Waals surface area contributed by atoms with E-state index in [0.717, 1.165) is 25.3 Å². The predicted molar refractivity (Wildman–Crippen MR) is 110 cm³/mol. The summed E-state index contributed by atoms with van der Waals surface area (Å²) in [5.74, 6) is 1.87. The molecule has 1 aromatic carbocycles. The lowest BCUT2D eigenvalue weighted by atomic mass is 10.1. The molecule has 0 aromatic heterocycles. The molecule has 0 bridgehead atoms. The second kappa shape index (κ2) is 10.6. The van der Waals surface area contributed by atoms with Crippen molar-refractivity contribution in [2.45, 2.75) is 31.2 Å². The molecule has 0 amide bonds. The summed E-state index contributed by atoms with van der Waals surface area (Å²) in [6.45, 7) is 0.901. The third-order valence-electron chi connectivity index (χ3n) is 3.77. The van der Waals surface area contributed by atoms with E-state index in [4.69, 9.17) is 11.6 Å². The first kappa shape index (κ1) is 20.8. The van der Waals surface area contributed by atoms with Crippen molar-refractivity contribution in [2.75, 3.05) is 25.6 Å². The van der Waals surface area contributed by atoms with Crippen LogP contribution in [0, 0.1) is 5.82 Å². The summed E-state index contributed by atoms with van der Waals surface area (Å²) in [6, 6.07) is 5.05. The molecule has 2 N–H and O–H groups in total. The van der Waals surface area contributed by atoms with Crippen LogP contribution in [0.25, 0.3) is 0 Å². The average molecular weight is 472 g/mol. The monoisotopic (exact) mass is 471 g/mol. The summed E-state index contributed by atoms with van der Waals surface area (Å²) in [6.07, 6.45) is 5.32. The van der Waals surface area contributed by atoms with Crippen LogP contribution in [0.2, 0.25) is 5.02 Å². The Balaban J connectivity index is 0.00000264. The highest BCUT2D eigenvalue weighted by molar-refractivity contribution is 14.0. The standard InChI is InChI=1S/C16H23ClFN3S.HI/c1-19-16(20-8-3-4-9-22-2)21-14-10-11(14)15-12(17)6-5-7-13(15)18;/h5-7,11,14H,3-4,8-10H2,1-2H3,(H2,19,20,21);1H. The van der Waals surface area contributed by atoms with E-state index in [1.807, 2.05) is 11.8 Å². The molecule has 2 unspecified atom stereocenters. The van der Waals surface area contributed by atoms with Crippen LogP contribution in [0.3, 0.4) is 0 Å². The number of guanidine groups is 1. The average Bonchev–Trinajstić information content (AvgIpc) is 3.24. The van der Waals surface area contributed by atoms with E-state index in [0.29, 0.717) is 10.6 Å². The maximum absolute atomic E-state index is 13.9. The third-order valence-corrected chi connectivity index (χ3v) is 4.80. The number of halogens is 3. The maximum atomic E-state index is 13.9. The number of benzene rings is 1. The molecule has 130 valence electrons. The van der Waals surface area contributed by atoms with Gasteiger partial charge in [0.1, 0.15) is 5.82 Å². The first-order chi connectivity index (χ1) is 10.7. The van der Waals surface area contributed by atoms with Crippen LogP contribution in [0.15, 0.2) is 23.2 Å². The summed E-state index contributed by atoms with van der Waals surface area (Å²) in [4.78, 5) is 4.22. The quantitative estimate of drug-likeness (QED) is 0.270.